The maximum Gasteiger partial charge on any atom is 0.339 e. The Hall–Kier alpha value is -2.88. The first kappa shape index (κ1) is 19.4. The zero-order valence-electron chi connectivity index (χ0n) is 14.6. The summed E-state index contributed by atoms with van der Waals surface area (Å²) in [5.41, 5.74) is 0.601. The first-order valence-electron chi connectivity index (χ1n) is 8.20. The van der Waals surface area contributed by atoms with Gasteiger partial charge in [0, 0.05) is 6.20 Å². The molecular weight excluding hydrogens is 434 g/mol. The summed E-state index contributed by atoms with van der Waals surface area (Å²) in [6, 6.07) is 12.1. The Morgan fingerprint density at radius 3 is 2.66 bits per heavy atom. The molecule has 0 atom stereocenters. The normalized spacial score (nSPS) is 17.5. The minimum atomic E-state index is -4.03. The highest BCUT2D eigenvalue weighted by molar-refractivity contribution is 8.16. The monoisotopic (exact) mass is 445 g/mol. The number of rotatable bonds is 4. The van der Waals surface area contributed by atoms with Crippen LogP contribution in [-0.4, -0.2) is 30.2 Å². The molecule has 10 heteroatoms. The molecule has 0 radical (unpaired) electrons. The lowest BCUT2D eigenvalue weighted by atomic mass is 10.1. The molecule has 2 aliphatic rings. The van der Waals surface area contributed by atoms with Crippen molar-refractivity contribution in [2.45, 2.75) is 4.90 Å². The number of carbonyl (C=O) groups excluding carboxylic acids is 1. The zero-order valence-corrected chi connectivity index (χ0v) is 17.0. The summed E-state index contributed by atoms with van der Waals surface area (Å²) in [6.07, 6.45) is 3.13. The lowest BCUT2D eigenvalue weighted by molar-refractivity contribution is -0.114. The van der Waals surface area contributed by atoms with Crippen LogP contribution >= 0.6 is 23.4 Å². The van der Waals surface area contributed by atoms with Gasteiger partial charge >= 0.3 is 10.1 Å². The third-order valence-corrected chi connectivity index (χ3v) is 6.31. The van der Waals surface area contributed by atoms with E-state index in [-0.39, 0.29) is 27.1 Å². The average Bonchev–Trinajstić information content (AvgIpc) is 3.16. The summed E-state index contributed by atoms with van der Waals surface area (Å²) in [4.78, 5) is 17.7. The number of benzene rings is 2. The van der Waals surface area contributed by atoms with Crippen LogP contribution in [0.4, 0.5) is 0 Å². The third-order valence-electron chi connectivity index (χ3n) is 4.01. The molecule has 2 heterocycles. The molecule has 0 aliphatic carbocycles. The summed E-state index contributed by atoms with van der Waals surface area (Å²) in [6.45, 7) is 0. The zero-order chi connectivity index (χ0) is 20.6. The third kappa shape index (κ3) is 3.84. The molecule has 4 rings (SSSR count). The quantitative estimate of drug-likeness (QED) is 0.566. The van der Waals surface area contributed by atoms with Crippen molar-refractivity contribution in [3.8, 4) is 5.75 Å². The maximum atomic E-state index is 12.4. The van der Waals surface area contributed by atoms with Gasteiger partial charge in [0.1, 0.15) is 10.7 Å². The highest BCUT2D eigenvalue weighted by atomic mass is 35.5. The van der Waals surface area contributed by atoms with E-state index in [0.29, 0.717) is 10.7 Å². The van der Waals surface area contributed by atoms with Crippen molar-refractivity contribution >= 4 is 56.5 Å². The molecular formula is C19H12ClN3O4S2. The van der Waals surface area contributed by atoms with Gasteiger partial charge in [0.25, 0.3) is 5.91 Å². The second kappa shape index (κ2) is 7.51. The number of carbonyl (C=O) groups is 1. The number of fused-ring (bicyclic) bond motifs is 1. The number of halogens is 1. The molecule has 0 fully saturated rings. The van der Waals surface area contributed by atoms with Crippen LogP contribution in [0.1, 0.15) is 5.56 Å². The largest absolute Gasteiger partial charge is 0.377 e. The van der Waals surface area contributed by atoms with Gasteiger partial charge in [-0.05, 0) is 41.3 Å². The van der Waals surface area contributed by atoms with Crippen molar-refractivity contribution in [2.75, 3.05) is 0 Å². The van der Waals surface area contributed by atoms with E-state index in [9.17, 15) is 13.2 Å². The van der Waals surface area contributed by atoms with E-state index in [1.54, 1.807) is 35.9 Å². The van der Waals surface area contributed by atoms with Gasteiger partial charge in [-0.2, -0.15) is 13.4 Å². The SMILES string of the molecule is N=C1C(=Cc2ccc(OS(=O)(=O)c3ccccc3)c(Cl)c2)C(=O)N=C2SC=CN12. The van der Waals surface area contributed by atoms with Gasteiger partial charge < -0.3 is 4.18 Å². The van der Waals surface area contributed by atoms with Crippen molar-refractivity contribution in [3.05, 3.63) is 76.3 Å². The molecule has 1 N–H and O–H groups in total. The van der Waals surface area contributed by atoms with Crippen molar-refractivity contribution in [1.29, 1.82) is 5.41 Å². The second-order valence-corrected chi connectivity index (χ2v) is 8.75. The number of thioether (sulfide) groups is 1. The molecule has 2 aromatic rings. The molecule has 2 aliphatic heterocycles. The number of hydrogen-bond acceptors (Lipinski definition) is 6. The Bertz CT molecular complexity index is 1220. The van der Waals surface area contributed by atoms with Gasteiger partial charge in [-0.25, -0.2) is 0 Å². The van der Waals surface area contributed by atoms with E-state index < -0.39 is 16.0 Å². The van der Waals surface area contributed by atoms with Crippen molar-refractivity contribution < 1.29 is 17.4 Å². The van der Waals surface area contributed by atoms with Gasteiger partial charge in [0.05, 0.1) is 10.6 Å². The minimum Gasteiger partial charge on any atom is -0.377 e. The van der Waals surface area contributed by atoms with Crippen molar-refractivity contribution in [3.63, 3.8) is 0 Å². The summed E-state index contributed by atoms with van der Waals surface area (Å²) < 4.78 is 29.8. The van der Waals surface area contributed by atoms with Gasteiger partial charge in [0.2, 0.25) is 0 Å². The fourth-order valence-electron chi connectivity index (χ4n) is 2.63. The molecule has 2 aromatic carbocycles. The van der Waals surface area contributed by atoms with E-state index in [4.69, 9.17) is 21.2 Å². The van der Waals surface area contributed by atoms with E-state index in [2.05, 4.69) is 4.99 Å². The Balaban J connectivity index is 1.61. The average molecular weight is 446 g/mol. The number of amidine groups is 2. The maximum absolute atomic E-state index is 12.4. The molecule has 0 spiro atoms. The Morgan fingerprint density at radius 1 is 1.17 bits per heavy atom. The van der Waals surface area contributed by atoms with Gasteiger partial charge in [0.15, 0.2) is 10.9 Å². The summed E-state index contributed by atoms with van der Waals surface area (Å²) >= 11 is 7.45. The van der Waals surface area contributed by atoms with Gasteiger partial charge in [-0.3, -0.25) is 15.1 Å². The van der Waals surface area contributed by atoms with Gasteiger partial charge in [-0.15, -0.1) is 0 Å². The number of nitrogens with zero attached hydrogens (tertiary/aromatic N) is 2. The highest BCUT2D eigenvalue weighted by Gasteiger charge is 2.31. The van der Waals surface area contributed by atoms with Crippen molar-refractivity contribution in [2.24, 2.45) is 4.99 Å². The Labute approximate surface area is 176 Å². The first-order valence-corrected chi connectivity index (χ1v) is 10.9. The number of aliphatic imine (C=N–C) groups is 1. The molecule has 29 heavy (non-hydrogen) atoms. The van der Waals surface area contributed by atoms with Crippen LogP contribution in [0.25, 0.3) is 6.08 Å². The molecule has 0 bridgehead atoms. The standard InChI is InChI=1S/C19H12ClN3O4S2/c20-15-11-12(10-14-17(21)23-8-9-28-19(23)22-18(14)24)6-7-16(15)27-29(25,26)13-4-2-1-3-5-13/h1-11,21H. The van der Waals surface area contributed by atoms with Crippen molar-refractivity contribution in [1.82, 2.24) is 4.90 Å². The van der Waals surface area contributed by atoms with E-state index >= 15 is 0 Å². The molecule has 146 valence electrons. The van der Waals surface area contributed by atoms with Crippen LogP contribution in [-0.2, 0) is 14.9 Å². The molecule has 0 saturated carbocycles. The fraction of sp³-hybridized carbons (Fsp3) is 0. The van der Waals surface area contributed by atoms with E-state index in [1.165, 1.54) is 47.0 Å². The minimum absolute atomic E-state index is 0.00403. The molecule has 7 nitrogen and oxygen atoms in total. The molecule has 0 unspecified atom stereocenters. The van der Waals surface area contributed by atoms with E-state index in [0.717, 1.165) is 0 Å². The number of hydrogen-bond donors (Lipinski definition) is 1. The molecule has 1 amide bonds. The lowest BCUT2D eigenvalue weighted by Crippen LogP contribution is -2.35. The fourth-order valence-corrected chi connectivity index (χ4v) is 4.57. The first-order chi connectivity index (χ1) is 13.8. The smallest absolute Gasteiger partial charge is 0.339 e. The van der Waals surface area contributed by atoms with E-state index in [1.807, 2.05) is 0 Å². The number of nitrogens with one attached hydrogen (secondary N) is 1. The predicted molar refractivity (Wildman–Crippen MR) is 112 cm³/mol. The Morgan fingerprint density at radius 2 is 1.93 bits per heavy atom. The summed E-state index contributed by atoms with van der Waals surface area (Å²) in [5, 5.41) is 10.4. The van der Waals surface area contributed by atoms with Crippen LogP contribution in [0.5, 0.6) is 5.75 Å². The van der Waals surface area contributed by atoms with Crippen LogP contribution in [0.15, 0.2) is 75.6 Å². The topological polar surface area (TPSA) is 99.9 Å². The van der Waals surface area contributed by atoms with Gasteiger partial charge in [-0.1, -0.05) is 47.6 Å². The predicted octanol–water partition coefficient (Wildman–Crippen LogP) is 3.88. The summed E-state index contributed by atoms with van der Waals surface area (Å²) in [7, 11) is -4.03. The molecule has 0 saturated heterocycles. The summed E-state index contributed by atoms with van der Waals surface area (Å²) in [5.74, 6) is -0.563. The van der Waals surface area contributed by atoms with Crippen LogP contribution in [0.2, 0.25) is 5.02 Å². The Kier molecular flexibility index (Phi) is 5.03. The van der Waals surface area contributed by atoms with Crippen LogP contribution in [0.3, 0.4) is 0 Å². The van der Waals surface area contributed by atoms with Crippen LogP contribution < -0.4 is 4.18 Å². The molecule has 0 aromatic heterocycles. The second-order valence-electron chi connectivity index (χ2n) is 5.92. The highest BCUT2D eigenvalue weighted by Crippen LogP contribution is 2.31. The number of amides is 1. The van der Waals surface area contributed by atoms with Crippen LogP contribution in [0, 0.1) is 5.41 Å². The lowest BCUT2D eigenvalue weighted by Gasteiger charge is -2.22.